The SMILES string of the molecule is N#CC1=C(N)Oc2n[nH]c(-c3ccc(C4CCCCC4)cc3)c2[C@H]1c1ccccc1Cl. The first-order valence-electron chi connectivity index (χ1n) is 10.7. The summed E-state index contributed by atoms with van der Waals surface area (Å²) in [4.78, 5) is 0. The Kier molecular flexibility index (Phi) is 5.17. The van der Waals surface area contributed by atoms with Crippen molar-refractivity contribution in [2.45, 2.75) is 43.9 Å². The number of fused-ring (bicyclic) bond motifs is 1. The minimum absolute atomic E-state index is 0.0608. The predicted octanol–water partition coefficient (Wildman–Crippen LogP) is 6.00. The predicted molar refractivity (Wildman–Crippen MR) is 121 cm³/mol. The molecule has 3 N–H and O–H groups in total. The lowest BCUT2D eigenvalue weighted by molar-refractivity contribution is 0.379. The van der Waals surface area contributed by atoms with Gasteiger partial charge in [-0.25, -0.2) is 0 Å². The summed E-state index contributed by atoms with van der Waals surface area (Å²) < 4.78 is 5.70. The van der Waals surface area contributed by atoms with Gasteiger partial charge in [0.15, 0.2) is 0 Å². The minimum Gasteiger partial charge on any atom is -0.420 e. The highest BCUT2D eigenvalue weighted by atomic mass is 35.5. The van der Waals surface area contributed by atoms with Gasteiger partial charge in [0.2, 0.25) is 11.8 Å². The Morgan fingerprint density at radius 2 is 1.81 bits per heavy atom. The third kappa shape index (κ3) is 3.47. The highest BCUT2D eigenvalue weighted by Gasteiger charge is 2.36. The van der Waals surface area contributed by atoms with Crippen LogP contribution in [0.1, 0.15) is 60.6 Å². The van der Waals surface area contributed by atoms with Gasteiger partial charge < -0.3 is 10.5 Å². The van der Waals surface area contributed by atoms with Crippen LogP contribution in [0.15, 0.2) is 60.0 Å². The average Bonchev–Trinajstić information content (AvgIpc) is 3.23. The minimum atomic E-state index is -0.450. The average molecular weight is 431 g/mol. The quantitative estimate of drug-likeness (QED) is 0.533. The van der Waals surface area contributed by atoms with Gasteiger partial charge in [0.05, 0.1) is 17.2 Å². The van der Waals surface area contributed by atoms with Gasteiger partial charge in [0.1, 0.15) is 11.6 Å². The van der Waals surface area contributed by atoms with E-state index >= 15 is 0 Å². The molecule has 1 fully saturated rings. The van der Waals surface area contributed by atoms with E-state index in [1.807, 2.05) is 24.3 Å². The van der Waals surface area contributed by atoms with Gasteiger partial charge >= 0.3 is 0 Å². The normalized spacial score (nSPS) is 18.9. The Morgan fingerprint density at radius 3 is 2.52 bits per heavy atom. The standard InChI is InChI=1S/C25H23ClN4O/c26-20-9-5-4-8-18(20)21-19(14-27)24(28)31-25-22(21)23(29-30-25)17-12-10-16(11-13-17)15-6-2-1-3-7-15/h4-5,8-13,15,21H,1-3,6-7,28H2,(H,29,30)/t21-/m0/s1. The topological polar surface area (TPSA) is 87.7 Å². The zero-order chi connectivity index (χ0) is 21.4. The maximum atomic E-state index is 9.85. The molecule has 3 aromatic rings. The highest BCUT2D eigenvalue weighted by molar-refractivity contribution is 6.31. The summed E-state index contributed by atoms with van der Waals surface area (Å²) in [7, 11) is 0. The van der Waals surface area contributed by atoms with E-state index in [4.69, 9.17) is 22.1 Å². The van der Waals surface area contributed by atoms with Crippen molar-refractivity contribution in [1.29, 1.82) is 5.26 Å². The number of ether oxygens (including phenoxy) is 1. The van der Waals surface area contributed by atoms with Gasteiger partial charge in [-0.3, -0.25) is 5.10 Å². The van der Waals surface area contributed by atoms with E-state index in [2.05, 4.69) is 40.5 Å². The van der Waals surface area contributed by atoms with Crippen LogP contribution in [0.2, 0.25) is 5.02 Å². The summed E-state index contributed by atoms with van der Waals surface area (Å²) in [6.07, 6.45) is 6.48. The van der Waals surface area contributed by atoms with E-state index in [0.717, 1.165) is 22.4 Å². The van der Waals surface area contributed by atoms with Gasteiger partial charge in [-0.15, -0.1) is 5.10 Å². The third-order valence-corrected chi connectivity index (χ3v) is 6.78. The molecule has 5 nitrogen and oxygen atoms in total. The van der Waals surface area contributed by atoms with E-state index in [9.17, 15) is 5.26 Å². The fraction of sp³-hybridized carbons (Fsp3) is 0.280. The van der Waals surface area contributed by atoms with Crippen molar-refractivity contribution in [1.82, 2.24) is 10.2 Å². The lowest BCUT2D eigenvalue weighted by Crippen LogP contribution is -2.21. The van der Waals surface area contributed by atoms with Gasteiger partial charge in [-0.1, -0.05) is 73.3 Å². The number of H-pyrrole nitrogens is 1. The summed E-state index contributed by atoms with van der Waals surface area (Å²) in [5.41, 5.74) is 11.2. The van der Waals surface area contributed by atoms with Crippen molar-refractivity contribution in [2.24, 2.45) is 5.73 Å². The number of nitrogens with zero attached hydrogens (tertiary/aromatic N) is 2. The van der Waals surface area contributed by atoms with Gasteiger partial charge in [-0.05, 0) is 36.0 Å². The molecular formula is C25H23ClN4O. The number of hydrogen-bond donors (Lipinski definition) is 2. The van der Waals surface area contributed by atoms with Crippen LogP contribution in [0.4, 0.5) is 0 Å². The molecule has 31 heavy (non-hydrogen) atoms. The Hall–Kier alpha value is -3.23. The first kappa shape index (κ1) is 19.7. The van der Waals surface area contributed by atoms with Crippen LogP contribution >= 0.6 is 11.6 Å². The lowest BCUT2D eigenvalue weighted by atomic mass is 9.82. The number of nitrogens with two attached hydrogens (primary N) is 1. The molecule has 5 rings (SSSR count). The van der Waals surface area contributed by atoms with Crippen molar-refractivity contribution in [3.63, 3.8) is 0 Å². The lowest BCUT2D eigenvalue weighted by Gasteiger charge is -2.25. The monoisotopic (exact) mass is 430 g/mol. The van der Waals surface area contributed by atoms with Gasteiger partial charge in [0.25, 0.3) is 0 Å². The van der Waals surface area contributed by atoms with Crippen LogP contribution < -0.4 is 10.5 Å². The number of benzene rings is 2. The molecule has 1 aliphatic carbocycles. The van der Waals surface area contributed by atoms with E-state index in [-0.39, 0.29) is 5.88 Å². The van der Waals surface area contributed by atoms with Crippen molar-refractivity contribution in [2.75, 3.05) is 0 Å². The Labute approximate surface area is 186 Å². The largest absolute Gasteiger partial charge is 0.420 e. The second kappa shape index (κ2) is 8.13. The zero-order valence-corrected chi connectivity index (χ0v) is 17.8. The fourth-order valence-electron chi connectivity index (χ4n) is 4.84. The Bertz CT molecular complexity index is 1180. The van der Waals surface area contributed by atoms with Crippen LogP contribution in [0.5, 0.6) is 5.88 Å². The first-order valence-corrected chi connectivity index (χ1v) is 11.1. The molecular weight excluding hydrogens is 408 g/mol. The summed E-state index contributed by atoms with van der Waals surface area (Å²) in [5, 5.41) is 17.9. The number of nitriles is 1. The Balaban J connectivity index is 1.59. The number of nitrogens with one attached hydrogen (secondary N) is 1. The molecule has 0 amide bonds. The van der Waals surface area contributed by atoms with Crippen molar-refractivity contribution < 1.29 is 4.74 Å². The Morgan fingerprint density at radius 1 is 1.06 bits per heavy atom. The van der Waals surface area contributed by atoms with Crippen LogP contribution in [0, 0.1) is 11.3 Å². The van der Waals surface area contributed by atoms with Crippen LogP contribution in [-0.4, -0.2) is 10.2 Å². The summed E-state index contributed by atoms with van der Waals surface area (Å²) in [6.45, 7) is 0. The second-order valence-corrected chi connectivity index (χ2v) is 8.63. The number of hydrogen-bond acceptors (Lipinski definition) is 4. The van der Waals surface area contributed by atoms with Crippen LogP contribution in [0.3, 0.4) is 0 Å². The van der Waals surface area contributed by atoms with Gasteiger partial charge in [-0.2, -0.15) is 5.26 Å². The van der Waals surface area contributed by atoms with Crippen molar-refractivity contribution in [3.8, 4) is 23.2 Å². The number of rotatable bonds is 3. The van der Waals surface area contributed by atoms with E-state index in [0.29, 0.717) is 22.4 Å². The van der Waals surface area contributed by atoms with Gasteiger partial charge in [0, 0.05) is 10.6 Å². The molecule has 1 saturated carbocycles. The molecule has 0 unspecified atom stereocenters. The van der Waals surface area contributed by atoms with Crippen molar-refractivity contribution in [3.05, 3.63) is 81.7 Å². The molecule has 1 atom stereocenters. The molecule has 0 saturated heterocycles. The molecule has 2 aromatic carbocycles. The molecule has 0 spiro atoms. The molecule has 2 aliphatic rings. The molecule has 6 heteroatoms. The summed E-state index contributed by atoms with van der Waals surface area (Å²) >= 11 is 6.52. The molecule has 2 heterocycles. The highest BCUT2D eigenvalue weighted by Crippen LogP contribution is 2.47. The van der Waals surface area contributed by atoms with Crippen molar-refractivity contribution >= 4 is 11.6 Å². The third-order valence-electron chi connectivity index (χ3n) is 6.43. The number of allylic oxidation sites excluding steroid dienone is 1. The first-order chi connectivity index (χ1) is 15.2. The molecule has 1 aliphatic heterocycles. The van der Waals surface area contributed by atoms with E-state index < -0.39 is 5.92 Å². The number of halogens is 1. The number of aromatic nitrogens is 2. The van der Waals surface area contributed by atoms with E-state index in [1.165, 1.54) is 37.7 Å². The molecule has 156 valence electrons. The molecule has 0 bridgehead atoms. The molecule has 0 radical (unpaired) electrons. The molecule has 1 aromatic heterocycles. The fourth-order valence-corrected chi connectivity index (χ4v) is 5.09. The zero-order valence-electron chi connectivity index (χ0n) is 17.1. The van der Waals surface area contributed by atoms with Crippen LogP contribution in [0.25, 0.3) is 11.3 Å². The maximum absolute atomic E-state index is 9.85. The van der Waals surface area contributed by atoms with Crippen LogP contribution in [-0.2, 0) is 0 Å². The maximum Gasteiger partial charge on any atom is 0.244 e. The number of aromatic amines is 1. The summed E-state index contributed by atoms with van der Waals surface area (Å²) in [5.74, 6) is 0.637. The summed E-state index contributed by atoms with van der Waals surface area (Å²) in [6, 6.07) is 18.4. The smallest absolute Gasteiger partial charge is 0.244 e. The van der Waals surface area contributed by atoms with E-state index in [1.54, 1.807) is 0 Å². The second-order valence-electron chi connectivity index (χ2n) is 8.22.